The van der Waals surface area contributed by atoms with Crippen LogP contribution in [0.15, 0.2) is 45.9 Å². The van der Waals surface area contributed by atoms with Gasteiger partial charge in [-0.15, -0.1) is 0 Å². The predicted octanol–water partition coefficient (Wildman–Crippen LogP) is 2.07. The number of halogens is 1. The zero-order valence-electron chi connectivity index (χ0n) is 12.5. The highest BCUT2D eigenvalue weighted by Crippen LogP contribution is 2.26. The Balaban J connectivity index is 2.04. The maximum absolute atomic E-state index is 12.3. The van der Waals surface area contributed by atoms with E-state index in [0.29, 0.717) is 17.9 Å². The first-order valence-electron chi connectivity index (χ1n) is 6.92. The Bertz CT molecular complexity index is 730. The average molecular weight is 360 g/mol. The molecular weight excluding hydrogens is 342 g/mol. The number of hydrogen-bond acceptors (Lipinski definition) is 5. The van der Waals surface area contributed by atoms with E-state index < -0.39 is 10.0 Å². The van der Waals surface area contributed by atoms with E-state index in [1.165, 1.54) is 31.6 Å². The maximum Gasteiger partial charge on any atom is 0.240 e. The van der Waals surface area contributed by atoms with Gasteiger partial charge in [0.15, 0.2) is 0 Å². The molecule has 0 bridgehead atoms. The summed E-state index contributed by atoms with van der Waals surface area (Å²) in [6, 6.07) is 7.74. The van der Waals surface area contributed by atoms with Crippen LogP contribution in [0, 0.1) is 5.92 Å². The standard InChI is InChI=1S/C15H18ClNO5S/c1-21-15-5-4-13(8-14(15)16)23(19,20)17-9-11(10-18)7-12-3-2-6-22-12/h2-6,8,11,17-18H,7,9-10H2,1H3. The van der Waals surface area contributed by atoms with Crippen molar-refractivity contribution in [3.05, 3.63) is 47.4 Å². The van der Waals surface area contributed by atoms with Crippen LogP contribution in [-0.2, 0) is 16.4 Å². The van der Waals surface area contributed by atoms with Crippen molar-refractivity contribution in [2.45, 2.75) is 11.3 Å². The Morgan fingerprint density at radius 2 is 2.17 bits per heavy atom. The van der Waals surface area contributed by atoms with Gasteiger partial charge in [0.05, 0.1) is 23.3 Å². The molecule has 2 aromatic rings. The molecule has 0 aliphatic heterocycles. The molecule has 6 nitrogen and oxygen atoms in total. The topological polar surface area (TPSA) is 88.8 Å². The van der Waals surface area contributed by atoms with E-state index in [1.807, 2.05) is 0 Å². The van der Waals surface area contributed by atoms with Crippen molar-refractivity contribution in [1.29, 1.82) is 0 Å². The number of aliphatic hydroxyl groups is 1. The number of aliphatic hydroxyl groups excluding tert-OH is 1. The van der Waals surface area contributed by atoms with Crippen LogP contribution in [0.4, 0.5) is 0 Å². The van der Waals surface area contributed by atoms with Gasteiger partial charge in [-0.1, -0.05) is 11.6 Å². The number of methoxy groups -OCH3 is 1. The molecule has 2 N–H and O–H groups in total. The Hall–Kier alpha value is -1.54. The minimum atomic E-state index is -3.72. The third-order valence-corrected chi connectivity index (χ3v) is 5.04. The van der Waals surface area contributed by atoms with E-state index in [4.69, 9.17) is 20.8 Å². The monoisotopic (exact) mass is 359 g/mol. The molecule has 126 valence electrons. The normalized spacial score (nSPS) is 13.0. The van der Waals surface area contributed by atoms with Crippen LogP contribution in [0.5, 0.6) is 5.75 Å². The highest BCUT2D eigenvalue weighted by atomic mass is 35.5. The van der Waals surface area contributed by atoms with Crippen LogP contribution in [-0.4, -0.2) is 33.8 Å². The molecular formula is C15H18ClNO5S. The van der Waals surface area contributed by atoms with Gasteiger partial charge in [0, 0.05) is 25.5 Å². The molecule has 0 saturated carbocycles. The first kappa shape index (κ1) is 17.8. The minimum absolute atomic E-state index is 0.0398. The maximum atomic E-state index is 12.3. The third kappa shape index (κ3) is 4.71. The summed E-state index contributed by atoms with van der Waals surface area (Å²) in [6.07, 6.45) is 1.97. The molecule has 1 heterocycles. The number of benzene rings is 1. The van der Waals surface area contributed by atoms with Crippen molar-refractivity contribution in [2.75, 3.05) is 20.3 Å². The average Bonchev–Trinajstić information content (AvgIpc) is 3.04. The van der Waals surface area contributed by atoms with Gasteiger partial charge in [-0.2, -0.15) is 0 Å². The van der Waals surface area contributed by atoms with E-state index >= 15 is 0 Å². The molecule has 0 aliphatic rings. The smallest absolute Gasteiger partial charge is 0.240 e. The molecule has 1 aromatic carbocycles. The fourth-order valence-electron chi connectivity index (χ4n) is 2.04. The molecule has 0 spiro atoms. The quantitative estimate of drug-likeness (QED) is 0.753. The van der Waals surface area contributed by atoms with Crippen molar-refractivity contribution in [1.82, 2.24) is 4.72 Å². The molecule has 0 aliphatic carbocycles. The van der Waals surface area contributed by atoms with Crippen LogP contribution < -0.4 is 9.46 Å². The molecule has 8 heteroatoms. The van der Waals surface area contributed by atoms with Crippen molar-refractivity contribution < 1.29 is 22.7 Å². The number of furan rings is 1. The minimum Gasteiger partial charge on any atom is -0.495 e. The zero-order valence-corrected chi connectivity index (χ0v) is 14.1. The van der Waals surface area contributed by atoms with E-state index in [2.05, 4.69) is 4.72 Å². The van der Waals surface area contributed by atoms with Crippen LogP contribution in [0.25, 0.3) is 0 Å². The lowest BCUT2D eigenvalue weighted by Gasteiger charge is -2.14. The van der Waals surface area contributed by atoms with Gasteiger partial charge in [-0.05, 0) is 30.3 Å². The molecule has 0 saturated heterocycles. The fraction of sp³-hybridized carbons (Fsp3) is 0.333. The van der Waals surface area contributed by atoms with Gasteiger partial charge in [-0.25, -0.2) is 13.1 Å². The molecule has 0 radical (unpaired) electrons. The van der Waals surface area contributed by atoms with Gasteiger partial charge in [-0.3, -0.25) is 0 Å². The summed E-state index contributed by atoms with van der Waals surface area (Å²) in [5, 5.41) is 9.60. The number of nitrogens with one attached hydrogen (secondary N) is 1. The highest BCUT2D eigenvalue weighted by molar-refractivity contribution is 7.89. The molecule has 2 rings (SSSR count). The Morgan fingerprint density at radius 1 is 1.39 bits per heavy atom. The van der Waals surface area contributed by atoms with E-state index in [1.54, 1.807) is 12.1 Å². The second kappa shape index (κ2) is 7.83. The van der Waals surface area contributed by atoms with Gasteiger partial charge in [0.2, 0.25) is 10.0 Å². The zero-order chi connectivity index (χ0) is 16.9. The van der Waals surface area contributed by atoms with Gasteiger partial charge in [0.1, 0.15) is 11.5 Å². The highest BCUT2D eigenvalue weighted by Gasteiger charge is 2.19. The summed E-state index contributed by atoms with van der Waals surface area (Å²) in [7, 11) is -2.27. The lowest BCUT2D eigenvalue weighted by Crippen LogP contribution is -2.31. The third-order valence-electron chi connectivity index (χ3n) is 3.32. The molecule has 1 aromatic heterocycles. The number of sulfonamides is 1. The molecule has 23 heavy (non-hydrogen) atoms. The number of ether oxygens (including phenoxy) is 1. The molecule has 0 fully saturated rings. The Kier molecular flexibility index (Phi) is 6.06. The Morgan fingerprint density at radius 3 is 2.74 bits per heavy atom. The molecule has 0 amide bonds. The summed E-state index contributed by atoms with van der Waals surface area (Å²) in [5.41, 5.74) is 0. The first-order valence-corrected chi connectivity index (χ1v) is 8.79. The van der Waals surface area contributed by atoms with Gasteiger partial charge >= 0.3 is 0 Å². The van der Waals surface area contributed by atoms with Crippen LogP contribution >= 0.6 is 11.6 Å². The Labute approximate surface area is 140 Å². The molecule has 1 unspecified atom stereocenters. The summed E-state index contributed by atoms with van der Waals surface area (Å²) < 4.78 is 37.3. The SMILES string of the molecule is COc1ccc(S(=O)(=O)NCC(CO)Cc2ccco2)cc1Cl. The summed E-state index contributed by atoms with van der Waals surface area (Å²) in [6.45, 7) is -0.0736. The van der Waals surface area contributed by atoms with Crippen LogP contribution in [0.1, 0.15) is 5.76 Å². The van der Waals surface area contributed by atoms with Crippen molar-refractivity contribution >= 4 is 21.6 Å². The van der Waals surface area contributed by atoms with Crippen molar-refractivity contribution in [2.24, 2.45) is 5.92 Å². The van der Waals surface area contributed by atoms with Crippen molar-refractivity contribution in [3.63, 3.8) is 0 Å². The lowest BCUT2D eigenvalue weighted by atomic mass is 10.1. The second-order valence-corrected chi connectivity index (χ2v) is 7.15. The summed E-state index contributed by atoms with van der Waals surface area (Å²) in [5.74, 6) is 0.803. The summed E-state index contributed by atoms with van der Waals surface area (Å²) >= 11 is 5.95. The van der Waals surface area contributed by atoms with Gasteiger partial charge in [0.25, 0.3) is 0 Å². The largest absolute Gasteiger partial charge is 0.495 e. The summed E-state index contributed by atoms with van der Waals surface area (Å²) in [4.78, 5) is 0.0398. The van der Waals surface area contributed by atoms with E-state index in [-0.39, 0.29) is 29.0 Å². The number of hydrogen-bond donors (Lipinski definition) is 2. The predicted molar refractivity (Wildman–Crippen MR) is 86.2 cm³/mol. The van der Waals surface area contributed by atoms with E-state index in [0.717, 1.165) is 0 Å². The fourth-order valence-corrected chi connectivity index (χ4v) is 3.50. The molecule has 1 atom stereocenters. The second-order valence-electron chi connectivity index (χ2n) is 4.98. The lowest BCUT2D eigenvalue weighted by molar-refractivity contribution is 0.221. The van der Waals surface area contributed by atoms with Gasteiger partial charge < -0.3 is 14.3 Å². The van der Waals surface area contributed by atoms with Crippen LogP contribution in [0.2, 0.25) is 5.02 Å². The van der Waals surface area contributed by atoms with Crippen molar-refractivity contribution in [3.8, 4) is 5.75 Å². The van der Waals surface area contributed by atoms with Crippen LogP contribution in [0.3, 0.4) is 0 Å². The first-order chi connectivity index (χ1) is 11.0. The van der Waals surface area contributed by atoms with E-state index in [9.17, 15) is 13.5 Å². The number of rotatable bonds is 8.